The lowest BCUT2D eigenvalue weighted by Gasteiger charge is -2.04. The third-order valence-electron chi connectivity index (χ3n) is 2.33. The van der Waals surface area contributed by atoms with Crippen LogP contribution in [0.15, 0.2) is 24.5 Å². The van der Waals surface area contributed by atoms with Crippen molar-refractivity contribution < 1.29 is 0 Å². The highest BCUT2D eigenvalue weighted by atomic mass is 35.5. The number of halogens is 1. The molecule has 0 amide bonds. The van der Waals surface area contributed by atoms with Crippen molar-refractivity contribution in [1.29, 1.82) is 15.8 Å². The Balaban J connectivity index is 2.62. The Labute approximate surface area is 108 Å². The Morgan fingerprint density at radius 1 is 1.11 bits per heavy atom. The first-order chi connectivity index (χ1) is 8.71. The number of rotatable bonds is 1. The minimum absolute atomic E-state index is 0.0537. The maximum Gasteiger partial charge on any atom is 0.177 e. The van der Waals surface area contributed by atoms with E-state index in [1.54, 1.807) is 18.2 Å². The number of hydrogen-bond donors (Lipinski definition) is 0. The molecule has 18 heavy (non-hydrogen) atoms. The predicted octanol–water partition coefficient (Wildman–Crippen LogP) is 2.14. The van der Waals surface area contributed by atoms with E-state index in [-0.39, 0.29) is 16.4 Å². The van der Waals surface area contributed by atoms with Crippen LogP contribution in [0.3, 0.4) is 0 Å². The highest BCUT2D eigenvalue weighted by molar-refractivity contribution is 6.31. The molecule has 0 radical (unpaired) electrons. The molecule has 1 aromatic heterocycles. The van der Waals surface area contributed by atoms with Gasteiger partial charge >= 0.3 is 0 Å². The molecule has 0 bridgehead atoms. The van der Waals surface area contributed by atoms with E-state index in [0.29, 0.717) is 11.3 Å². The molecule has 5 nitrogen and oxygen atoms in total. The topological polar surface area (TPSA) is 89.2 Å². The first kappa shape index (κ1) is 11.7. The minimum atomic E-state index is 0.0537. The van der Waals surface area contributed by atoms with Crippen LogP contribution in [0.2, 0.25) is 5.02 Å². The van der Waals surface area contributed by atoms with E-state index in [2.05, 4.69) is 4.98 Å². The van der Waals surface area contributed by atoms with E-state index in [4.69, 9.17) is 27.4 Å². The fraction of sp³-hybridized carbons (Fsp3) is 0. The summed E-state index contributed by atoms with van der Waals surface area (Å²) in [6.07, 6.45) is 1.37. The van der Waals surface area contributed by atoms with Crippen LogP contribution in [0.4, 0.5) is 0 Å². The maximum atomic E-state index is 9.00. The van der Waals surface area contributed by atoms with Crippen LogP contribution in [-0.4, -0.2) is 9.55 Å². The SMILES string of the molecule is N#Cc1ccc(-n2cnc(C#N)c2C#N)cc1Cl. The van der Waals surface area contributed by atoms with Crippen molar-refractivity contribution in [3.05, 3.63) is 46.5 Å². The molecule has 1 aromatic carbocycles. The number of nitriles is 3. The second-order valence-electron chi connectivity index (χ2n) is 3.31. The molecular weight excluding hydrogens is 250 g/mol. The number of imidazole rings is 1. The number of benzene rings is 1. The van der Waals surface area contributed by atoms with Crippen molar-refractivity contribution in [2.45, 2.75) is 0 Å². The molecule has 6 heteroatoms. The van der Waals surface area contributed by atoms with Gasteiger partial charge in [-0.25, -0.2) is 4.98 Å². The fourth-order valence-corrected chi connectivity index (χ4v) is 1.69. The Bertz CT molecular complexity index is 739. The van der Waals surface area contributed by atoms with Gasteiger partial charge in [0.1, 0.15) is 24.5 Å². The average Bonchev–Trinajstić information content (AvgIpc) is 2.81. The Hall–Kier alpha value is -2.81. The highest BCUT2D eigenvalue weighted by Crippen LogP contribution is 2.21. The molecule has 0 aliphatic rings. The standard InChI is InChI=1S/C12H4ClN5/c13-10-3-9(2-1-8(10)4-14)18-7-17-11(5-15)12(18)6-16/h1-3,7H. The van der Waals surface area contributed by atoms with Gasteiger partial charge in [0.05, 0.1) is 10.6 Å². The zero-order valence-corrected chi connectivity index (χ0v) is 9.68. The molecule has 2 aromatic rings. The number of nitrogens with zero attached hydrogens (tertiary/aromatic N) is 5. The molecule has 0 saturated heterocycles. The largest absolute Gasteiger partial charge is 0.289 e. The molecule has 2 rings (SSSR count). The molecule has 1 heterocycles. The lowest BCUT2D eigenvalue weighted by molar-refractivity contribution is 1.03. The van der Waals surface area contributed by atoms with Gasteiger partial charge in [-0.1, -0.05) is 11.6 Å². The van der Waals surface area contributed by atoms with E-state index < -0.39 is 0 Å². The second-order valence-corrected chi connectivity index (χ2v) is 3.72. The van der Waals surface area contributed by atoms with Gasteiger partial charge in [0.25, 0.3) is 0 Å². The van der Waals surface area contributed by atoms with Crippen LogP contribution in [0.5, 0.6) is 0 Å². The summed E-state index contributed by atoms with van der Waals surface area (Å²) in [7, 11) is 0. The summed E-state index contributed by atoms with van der Waals surface area (Å²) in [6, 6.07) is 10.4. The van der Waals surface area contributed by atoms with E-state index >= 15 is 0 Å². The zero-order chi connectivity index (χ0) is 13.1. The highest BCUT2D eigenvalue weighted by Gasteiger charge is 2.12. The molecular formula is C12H4ClN5. The molecule has 0 aliphatic carbocycles. The first-order valence-electron chi connectivity index (χ1n) is 4.79. The molecule has 0 unspecified atom stereocenters. The van der Waals surface area contributed by atoms with Crippen LogP contribution >= 0.6 is 11.6 Å². The monoisotopic (exact) mass is 253 g/mol. The Morgan fingerprint density at radius 3 is 2.44 bits per heavy atom. The van der Waals surface area contributed by atoms with Crippen molar-refractivity contribution in [3.63, 3.8) is 0 Å². The van der Waals surface area contributed by atoms with Gasteiger partial charge in [-0.2, -0.15) is 15.8 Å². The summed E-state index contributed by atoms with van der Waals surface area (Å²) in [5.74, 6) is 0. The van der Waals surface area contributed by atoms with Gasteiger partial charge in [-0.15, -0.1) is 0 Å². The van der Waals surface area contributed by atoms with Gasteiger partial charge < -0.3 is 0 Å². The number of hydrogen-bond acceptors (Lipinski definition) is 4. The van der Waals surface area contributed by atoms with Crippen LogP contribution in [0, 0.1) is 34.0 Å². The quantitative estimate of drug-likeness (QED) is 0.779. The van der Waals surface area contributed by atoms with E-state index in [9.17, 15) is 0 Å². The first-order valence-corrected chi connectivity index (χ1v) is 5.16. The van der Waals surface area contributed by atoms with Gasteiger partial charge in [0.2, 0.25) is 0 Å². The van der Waals surface area contributed by atoms with Gasteiger partial charge in [0, 0.05) is 5.69 Å². The summed E-state index contributed by atoms with van der Waals surface area (Å²) >= 11 is 5.91. The molecule has 0 saturated carbocycles. The van der Waals surface area contributed by atoms with Crippen LogP contribution in [0.1, 0.15) is 17.0 Å². The predicted molar refractivity (Wildman–Crippen MR) is 62.7 cm³/mol. The average molecular weight is 254 g/mol. The Morgan fingerprint density at radius 2 is 1.89 bits per heavy atom. The third kappa shape index (κ3) is 1.78. The van der Waals surface area contributed by atoms with E-state index in [1.165, 1.54) is 10.9 Å². The number of aromatic nitrogens is 2. The fourth-order valence-electron chi connectivity index (χ4n) is 1.48. The molecule has 0 atom stereocenters. The third-order valence-corrected chi connectivity index (χ3v) is 2.64. The van der Waals surface area contributed by atoms with Crippen molar-refractivity contribution in [2.75, 3.05) is 0 Å². The van der Waals surface area contributed by atoms with Crippen molar-refractivity contribution in [2.24, 2.45) is 0 Å². The van der Waals surface area contributed by atoms with E-state index in [0.717, 1.165) is 0 Å². The zero-order valence-electron chi connectivity index (χ0n) is 8.92. The Kier molecular flexibility index (Phi) is 2.98. The summed E-state index contributed by atoms with van der Waals surface area (Å²) in [6.45, 7) is 0. The molecule has 84 valence electrons. The minimum Gasteiger partial charge on any atom is -0.289 e. The van der Waals surface area contributed by atoms with Crippen LogP contribution in [-0.2, 0) is 0 Å². The van der Waals surface area contributed by atoms with Crippen molar-refractivity contribution >= 4 is 11.6 Å². The van der Waals surface area contributed by atoms with Crippen molar-refractivity contribution in [1.82, 2.24) is 9.55 Å². The molecule has 0 N–H and O–H groups in total. The lowest BCUT2D eigenvalue weighted by Crippen LogP contribution is -1.97. The van der Waals surface area contributed by atoms with Crippen molar-refractivity contribution in [3.8, 4) is 23.9 Å². The molecule has 0 fully saturated rings. The molecule has 0 aliphatic heterocycles. The van der Waals surface area contributed by atoms with Gasteiger partial charge in [-0.3, -0.25) is 4.57 Å². The summed E-state index contributed by atoms with van der Waals surface area (Å²) in [4.78, 5) is 3.83. The summed E-state index contributed by atoms with van der Waals surface area (Å²) in [5.41, 5.74) is 1.11. The van der Waals surface area contributed by atoms with Crippen LogP contribution in [0.25, 0.3) is 5.69 Å². The lowest BCUT2D eigenvalue weighted by atomic mass is 10.2. The summed E-state index contributed by atoms with van der Waals surface area (Å²) < 4.78 is 1.45. The summed E-state index contributed by atoms with van der Waals surface area (Å²) in [5, 5.41) is 26.9. The molecule has 0 spiro atoms. The van der Waals surface area contributed by atoms with Gasteiger partial charge in [0.15, 0.2) is 11.4 Å². The maximum absolute atomic E-state index is 9.00. The smallest absolute Gasteiger partial charge is 0.177 e. The van der Waals surface area contributed by atoms with Crippen LogP contribution < -0.4 is 0 Å². The van der Waals surface area contributed by atoms with E-state index in [1.807, 2.05) is 18.2 Å². The second kappa shape index (κ2) is 4.59. The normalized spacial score (nSPS) is 9.22. The van der Waals surface area contributed by atoms with Gasteiger partial charge in [-0.05, 0) is 18.2 Å².